The summed E-state index contributed by atoms with van der Waals surface area (Å²) < 4.78 is 0. The van der Waals surface area contributed by atoms with Crippen LogP contribution < -0.4 is 5.32 Å². The van der Waals surface area contributed by atoms with Crippen molar-refractivity contribution in [1.82, 2.24) is 0 Å². The van der Waals surface area contributed by atoms with Crippen LogP contribution >= 0.6 is 11.3 Å². The number of hydrogen-bond donors (Lipinski definition) is 2. The zero-order chi connectivity index (χ0) is 13.7. The Kier molecular flexibility index (Phi) is 4.35. The first-order valence-electron chi connectivity index (χ1n) is 5.74. The van der Waals surface area contributed by atoms with Gasteiger partial charge in [-0.05, 0) is 42.1 Å². The number of hydrogen-bond acceptors (Lipinski definition) is 3. The fourth-order valence-corrected chi connectivity index (χ4v) is 2.25. The minimum atomic E-state index is -0.157. The van der Waals surface area contributed by atoms with Crippen molar-refractivity contribution in [2.45, 2.75) is 6.92 Å². The molecule has 19 heavy (non-hydrogen) atoms. The van der Waals surface area contributed by atoms with E-state index in [-0.39, 0.29) is 12.5 Å². The summed E-state index contributed by atoms with van der Waals surface area (Å²) in [6, 6.07) is 7.29. The highest BCUT2D eigenvalue weighted by Gasteiger charge is 2.06. The average Bonchev–Trinajstić information content (AvgIpc) is 2.92. The summed E-state index contributed by atoms with van der Waals surface area (Å²) in [5.41, 5.74) is 3.21. The lowest BCUT2D eigenvalue weighted by molar-refractivity contribution is 0.102. The molecule has 0 spiro atoms. The molecule has 3 nitrogen and oxygen atoms in total. The number of aliphatic hydroxyl groups is 1. The van der Waals surface area contributed by atoms with Gasteiger partial charge >= 0.3 is 0 Å². The summed E-state index contributed by atoms with van der Waals surface area (Å²) >= 11 is 1.49. The minimum Gasteiger partial charge on any atom is -0.384 e. The first-order chi connectivity index (χ1) is 9.20. The van der Waals surface area contributed by atoms with Crippen molar-refractivity contribution in [2.75, 3.05) is 11.9 Å². The number of rotatable bonds is 2. The van der Waals surface area contributed by atoms with Crippen LogP contribution in [-0.4, -0.2) is 17.6 Å². The van der Waals surface area contributed by atoms with Gasteiger partial charge in [0.15, 0.2) is 0 Å². The molecule has 0 fully saturated rings. The van der Waals surface area contributed by atoms with Gasteiger partial charge in [-0.2, -0.15) is 11.3 Å². The lowest BCUT2D eigenvalue weighted by atomic mass is 10.1. The topological polar surface area (TPSA) is 49.3 Å². The molecule has 0 atom stereocenters. The summed E-state index contributed by atoms with van der Waals surface area (Å²) in [5.74, 6) is 5.35. The molecule has 96 valence electrons. The SMILES string of the molecule is Cc1cc(NC(=O)c2ccsc2)ccc1C#CCO. The van der Waals surface area contributed by atoms with Crippen LogP contribution in [-0.2, 0) is 0 Å². The Bertz CT molecular complexity index is 636. The van der Waals surface area contributed by atoms with Gasteiger partial charge in [0.1, 0.15) is 6.61 Å². The molecule has 0 bridgehead atoms. The largest absolute Gasteiger partial charge is 0.384 e. The Morgan fingerprint density at radius 2 is 2.26 bits per heavy atom. The standard InChI is InChI=1S/C15H13NO2S/c1-11-9-14(5-4-12(11)3-2-7-17)16-15(18)13-6-8-19-10-13/h4-6,8-10,17H,7H2,1H3,(H,16,18). The van der Waals surface area contributed by atoms with Crippen LogP contribution in [0.5, 0.6) is 0 Å². The maximum Gasteiger partial charge on any atom is 0.256 e. The molecular weight excluding hydrogens is 258 g/mol. The van der Waals surface area contributed by atoms with Gasteiger partial charge in [-0.1, -0.05) is 11.8 Å². The Labute approximate surface area is 115 Å². The van der Waals surface area contributed by atoms with Crippen LogP contribution in [0.4, 0.5) is 5.69 Å². The molecule has 1 aromatic carbocycles. The Morgan fingerprint density at radius 3 is 2.89 bits per heavy atom. The van der Waals surface area contributed by atoms with Gasteiger partial charge in [0.25, 0.3) is 5.91 Å². The summed E-state index contributed by atoms with van der Waals surface area (Å²) in [6.07, 6.45) is 0. The first-order valence-corrected chi connectivity index (χ1v) is 6.69. The number of benzene rings is 1. The van der Waals surface area contributed by atoms with Gasteiger partial charge in [0.05, 0.1) is 5.56 Å². The van der Waals surface area contributed by atoms with Crippen molar-refractivity contribution in [2.24, 2.45) is 0 Å². The van der Waals surface area contributed by atoms with E-state index in [0.717, 1.165) is 16.8 Å². The molecule has 0 aliphatic heterocycles. The van der Waals surface area contributed by atoms with Crippen LogP contribution in [0.25, 0.3) is 0 Å². The number of carbonyl (C=O) groups is 1. The predicted molar refractivity (Wildman–Crippen MR) is 77.4 cm³/mol. The second kappa shape index (κ2) is 6.19. The first kappa shape index (κ1) is 13.3. The van der Waals surface area contributed by atoms with Crippen LogP contribution in [0.1, 0.15) is 21.5 Å². The van der Waals surface area contributed by atoms with Crippen molar-refractivity contribution in [1.29, 1.82) is 0 Å². The van der Waals surface area contributed by atoms with Crippen molar-refractivity contribution < 1.29 is 9.90 Å². The Balaban J connectivity index is 2.14. The summed E-state index contributed by atoms with van der Waals surface area (Å²) in [6.45, 7) is 1.76. The number of nitrogens with one attached hydrogen (secondary N) is 1. The average molecular weight is 271 g/mol. The highest BCUT2D eigenvalue weighted by molar-refractivity contribution is 7.08. The predicted octanol–water partition coefficient (Wildman–Crippen LogP) is 2.65. The van der Waals surface area contributed by atoms with E-state index < -0.39 is 0 Å². The summed E-state index contributed by atoms with van der Waals surface area (Å²) in [4.78, 5) is 11.9. The van der Waals surface area contributed by atoms with E-state index in [1.54, 1.807) is 12.1 Å². The second-order valence-corrected chi connectivity index (χ2v) is 4.74. The molecule has 2 N–H and O–H groups in total. The van der Waals surface area contributed by atoms with Gasteiger partial charge in [-0.3, -0.25) is 4.79 Å². The zero-order valence-electron chi connectivity index (χ0n) is 10.4. The molecule has 1 amide bonds. The summed E-state index contributed by atoms with van der Waals surface area (Å²) in [5, 5.41) is 15.2. The maximum absolute atomic E-state index is 11.9. The third-order valence-corrected chi connectivity index (χ3v) is 3.25. The third kappa shape index (κ3) is 3.44. The van der Waals surface area contributed by atoms with Gasteiger partial charge in [0.2, 0.25) is 0 Å². The fourth-order valence-electron chi connectivity index (χ4n) is 1.61. The molecule has 1 aromatic heterocycles. The molecule has 0 saturated heterocycles. The van der Waals surface area contributed by atoms with E-state index in [0.29, 0.717) is 5.56 Å². The Morgan fingerprint density at radius 1 is 1.42 bits per heavy atom. The molecule has 4 heteroatoms. The second-order valence-electron chi connectivity index (χ2n) is 3.96. The molecule has 0 unspecified atom stereocenters. The molecule has 0 radical (unpaired) electrons. The van der Waals surface area contributed by atoms with Gasteiger partial charge in [0, 0.05) is 16.6 Å². The number of aryl methyl sites for hydroxylation is 1. The molecule has 0 aliphatic rings. The van der Waals surface area contributed by atoms with E-state index in [1.165, 1.54) is 11.3 Å². The van der Waals surface area contributed by atoms with Crippen molar-refractivity contribution >= 4 is 22.9 Å². The number of carbonyl (C=O) groups excluding carboxylic acids is 1. The monoisotopic (exact) mass is 271 g/mol. The van der Waals surface area contributed by atoms with Gasteiger partial charge in [-0.15, -0.1) is 0 Å². The molecular formula is C15H13NO2S. The number of anilines is 1. The number of amides is 1. The highest BCUT2D eigenvalue weighted by atomic mass is 32.1. The third-order valence-electron chi connectivity index (χ3n) is 2.57. The van der Waals surface area contributed by atoms with Crippen molar-refractivity contribution in [3.05, 3.63) is 51.7 Å². The Hall–Kier alpha value is -2.09. The minimum absolute atomic E-state index is 0.116. The highest BCUT2D eigenvalue weighted by Crippen LogP contribution is 2.16. The van der Waals surface area contributed by atoms with Crippen LogP contribution in [0.15, 0.2) is 35.0 Å². The van der Waals surface area contributed by atoms with E-state index in [2.05, 4.69) is 17.2 Å². The van der Waals surface area contributed by atoms with E-state index in [1.807, 2.05) is 29.8 Å². The van der Waals surface area contributed by atoms with Crippen LogP contribution in [0, 0.1) is 18.8 Å². The van der Waals surface area contributed by atoms with E-state index in [4.69, 9.17) is 5.11 Å². The van der Waals surface area contributed by atoms with Crippen molar-refractivity contribution in [3.63, 3.8) is 0 Å². The zero-order valence-corrected chi connectivity index (χ0v) is 11.3. The smallest absolute Gasteiger partial charge is 0.256 e. The molecule has 1 heterocycles. The van der Waals surface area contributed by atoms with Crippen LogP contribution in [0.3, 0.4) is 0 Å². The molecule has 0 saturated carbocycles. The summed E-state index contributed by atoms with van der Waals surface area (Å²) in [7, 11) is 0. The normalized spacial score (nSPS) is 9.58. The van der Waals surface area contributed by atoms with E-state index >= 15 is 0 Å². The van der Waals surface area contributed by atoms with Gasteiger partial charge < -0.3 is 10.4 Å². The van der Waals surface area contributed by atoms with Crippen molar-refractivity contribution in [3.8, 4) is 11.8 Å². The molecule has 2 aromatic rings. The molecule has 0 aliphatic carbocycles. The lowest BCUT2D eigenvalue weighted by Crippen LogP contribution is -2.10. The van der Waals surface area contributed by atoms with Crippen LogP contribution in [0.2, 0.25) is 0 Å². The number of thiophene rings is 1. The lowest BCUT2D eigenvalue weighted by Gasteiger charge is -2.06. The fraction of sp³-hybridized carbons (Fsp3) is 0.133. The number of aliphatic hydroxyl groups excluding tert-OH is 1. The molecule has 2 rings (SSSR count). The quantitative estimate of drug-likeness (QED) is 0.825. The van der Waals surface area contributed by atoms with Gasteiger partial charge in [-0.25, -0.2) is 0 Å². The maximum atomic E-state index is 11.9. The van der Waals surface area contributed by atoms with E-state index in [9.17, 15) is 4.79 Å².